The minimum absolute atomic E-state index is 0.0891. The minimum atomic E-state index is -1.45. The molecule has 39 heavy (non-hydrogen) atoms. The molecule has 2 rings (SSSR count). The van der Waals surface area contributed by atoms with Crippen molar-refractivity contribution in [1.29, 1.82) is 0 Å². The molecule has 4 atom stereocenters. The van der Waals surface area contributed by atoms with Gasteiger partial charge in [0.25, 0.3) is 0 Å². The van der Waals surface area contributed by atoms with Gasteiger partial charge in [-0.15, -0.1) is 0 Å². The molecular weight excluding hydrogens is 534 g/mol. The summed E-state index contributed by atoms with van der Waals surface area (Å²) in [5, 5.41) is 35.3. The third-order valence-electron chi connectivity index (χ3n) is 5.81. The molecular formula is C24H31N5O9S. The first kappa shape index (κ1) is 31.1. The molecule has 2 aromatic rings. The van der Waals surface area contributed by atoms with E-state index in [1.54, 1.807) is 30.5 Å². The summed E-state index contributed by atoms with van der Waals surface area (Å²) in [7, 11) is 0. The average molecular weight is 566 g/mol. The molecule has 1 aromatic carbocycles. The molecule has 0 aliphatic rings. The largest absolute Gasteiger partial charge is 0.481 e. The number of carboxylic acids is 3. The lowest BCUT2D eigenvalue weighted by atomic mass is 10.0. The number of rotatable bonds is 16. The van der Waals surface area contributed by atoms with Gasteiger partial charge in [0.05, 0.1) is 6.04 Å². The Morgan fingerprint density at radius 2 is 1.38 bits per heavy atom. The zero-order valence-corrected chi connectivity index (χ0v) is 21.6. The smallest absolute Gasteiger partial charge is 0.326 e. The summed E-state index contributed by atoms with van der Waals surface area (Å²) < 4.78 is 0. The van der Waals surface area contributed by atoms with Crippen molar-refractivity contribution in [2.75, 3.05) is 5.75 Å². The van der Waals surface area contributed by atoms with Gasteiger partial charge in [0.15, 0.2) is 0 Å². The highest BCUT2D eigenvalue weighted by Crippen LogP contribution is 2.19. The van der Waals surface area contributed by atoms with Crippen molar-refractivity contribution in [3.05, 3.63) is 36.0 Å². The topological polar surface area (TPSA) is 241 Å². The van der Waals surface area contributed by atoms with Gasteiger partial charge in [-0.1, -0.05) is 18.2 Å². The highest BCUT2D eigenvalue weighted by molar-refractivity contribution is 7.80. The van der Waals surface area contributed by atoms with Crippen LogP contribution in [0, 0.1) is 0 Å². The first-order valence-corrected chi connectivity index (χ1v) is 12.5. The molecule has 1 aromatic heterocycles. The van der Waals surface area contributed by atoms with Gasteiger partial charge in [-0.05, 0) is 24.5 Å². The van der Waals surface area contributed by atoms with E-state index < -0.39 is 66.2 Å². The van der Waals surface area contributed by atoms with E-state index in [1.165, 1.54) is 0 Å². The summed E-state index contributed by atoms with van der Waals surface area (Å²) in [6.45, 7) is 0. The summed E-state index contributed by atoms with van der Waals surface area (Å²) in [5.41, 5.74) is 7.05. The van der Waals surface area contributed by atoms with E-state index in [-0.39, 0.29) is 31.4 Å². The monoisotopic (exact) mass is 565 g/mol. The van der Waals surface area contributed by atoms with Crippen molar-refractivity contribution < 1.29 is 44.1 Å². The highest BCUT2D eigenvalue weighted by Gasteiger charge is 2.30. The first-order valence-electron chi connectivity index (χ1n) is 11.9. The van der Waals surface area contributed by atoms with Crippen LogP contribution in [0.3, 0.4) is 0 Å². The van der Waals surface area contributed by atoms with E-state index in [4.69, 9.17) is 15.9 Å². The van der Waals surface area contributed by atoms with Crippen LogP contribution in [0.1, 0.15) is 31.2 Å². The van der Waals surface area contributed by atoms with E-state index in [0.717, 1.165) is 10.9 Å². The molecule has 0 fully saturated rings. The van der Waals surface area contributed by atoms with Crippen molar-refractivity contribution in [3.63, 3.8) is 0 Å². The normalized spacial score (nSPS) is 14.0. The summed E-state index contributed by atoms with van der Waals surface area (Å²) in [5.74, 6) is -6.61. The van der Waals surface area contributed by atoms with E-state index >= 15 is 0 Å². The van der Waals surface area contributed by atoms with Gasteiger partial charge in [-0.3, -0.25) is 24.0 Å². The first-order chi connectivity index (χ1) is 18.4. The number of carboxylic acid groups (broad SMARTS) is 3. The van der Waals surface area contributed by atoms with Crippen LogP contribution in [0.5, 0.6) is 0 Å². The zero-order valence-electron chi connectivity index (χ0n) is 20.8. The molecule has 212 valence electrons. The SMILES string of the molecule is NC(CCC(=O)O)C(=O)NC(CS)C(=O)NC(CCC(=O)O)C(=O)NC(Cc1c[nH]c2ccccc12)C(=O)O. The van der Waals surface area contributed by atoms with Gasteiger partial charge in [-0.25, -0.2) is 4.79 Å². The predicted molar refractivity (Wildman–Crippen MR) is 141 cm³/mol. The fourth-order valence-electron chi connectivity index (χ4n) is 3.68. The number of aliphatic carboxylic acids is 3. The molecule has 0 bridgehead atoms. The number of para-hydroxylation sites is 1. The van der Waals surface area contributed by atoms with Crippen LogP contribution < -0.4 is 21.7 Å². The van der Waals surface area contributed by atoms with Crippen molar-refractivity contribution in [2.24, 2.45) is 5.73 Å². The van der Waals surface area contributed by atoms with Crippen LogP contribution in [0.15, 0.2) is 30.5 Å². The third-order valence-corrected chi connectivity index (χ3v) is 6.18. The molecule has 0 aliphatic heterocycles. The average Bonchev–Trinajstić information content (AvgIpc) is 3.29. The van der Waals surface area contributed by atoms with Crippen LogP contribution in [0.2, 0.25) is 0 Å². The highest BCUT2D eigenvalue weighted by atomic mass is 32.1. The number of aromatic amines is 1. The number of benzene rings is 1. The van der Waals surface area contributed by atoms with Gasteiger partial charge >= 0.3 is 17.9 Å². The second-order valence-electron chi connectivity index (χ2n) is 8.74. The molecule has 0 saturated heterocycles. The molecule has 1 heterocycles. The lowest BCUT2D eigenvalue weighted by Crippen LogP contribution is -2.57. The molecule has 0 aliphatic carbocycles. The number of thiol groups is 1. The Labute approximate surface area is 228 Å². The van der Waals surface area contributed by atoms with Gasteiger partial charge in [0.2, 0.25) is 17.7 Å². The Kier molecular flexibility index (Phi) is 11.7. The summed E-state index contributed by atoms with van der Waals surface area (Å²) in [4.78, 5) is 74.9. The number of carbonyl (C=O) groups is 6. The van der Waals surface area contributed by atoms with Gasteiger partial charge in [0, 0.05) is 42.1 Å². The minimum Gasteiger partial charge on any atom is -0.481 e. The van der Waals surface area contributed by atoms with Crippen LogP contribution in [-0.2, 0) is 35.2 Å². The van der Waals surface area contributed by atoms with Gasteiger partial charge in [0.1, 0.15) is 18.1 Å². The molecule has 15 heteroatoms. The molecule has 0 radical (unpaired) electrons. The lowest BCUT2D eigenvalue weighted by Gasteiger charge is -2.24. The maximum Gasteiger partial charge on any atom is 0.326 e. The number of hydrogen-bond acceptors (Lipinski definition) is 8. The second kappa shape index (κ2) is 14.7. The number of hydrogen-bond donors (Lipinski definition) is 9. The van der Waals surface area contributed by atoms with Gasteiger partial charge in [-0.2, -0.15) is 12.6 Å². The summed E-state index contributed by atoms with van der Waals surface area (Å²) in [6.07, 6.45) is 0.103. The predicted octanol–water partition coefficient (Wildman–Crippen LogP) is -0.764. The molecule has 14 nitrogen and oxygen atoms in total. The van der Waals surface area contributed by atoms with E-state index in [0.29, 0.717) is 5.56 Å². The number of nitrogens with one attached hydrogen (secondary N) is 4. The Balaban J connectivity index is 2.12. The lowest BCUT2D eigenvalue weighted by molar-refractivity contribution is -0.143. The quantitative estimate of drug-likeness (QED) is 0.115. The number of amides is 3. The molecule has 4 unspecified atom stereocenters. The summed E-state index contributed by atoms with van der Waals surface area (Å²) >= 11 is 4.02. The number of aromatic nitrogens is 1. The van der Waals surface area contributed by atoms with E-state index in [9.17, 15) is 33.9 Å². The molecule has 3 amide bonds. The van der Waals surface area contributed by atoms with E-state index in [1.807, 2.05) is 0 Å². The van der Waals surface area contributed by atoms with Crippen LogP contribution in [0.25, 0.3) is 10.9 Å². The maximum atomic E-state index is 13.0. The Morgan fingerprint density at radius 1 is 0.821 bits per heavy atom. The fourth-order valence-corrected chi connectivity index (χ4v) is 3.94. The number of carbonyl (C=O) groups excluding carboxylic acids is 3. The number of H-pyrrole nitrogens is 1. The summed E-state index contributed by atoms with van der Waals surface area (Å²) in [6, 6.07) is 1.83. The third kappa shape index (κ3) is 9.61. The zero-order chi connectivity index (χ0) is 29.1. The Morgan fingerprint density at radius 3 is 2.00 bits per heavy atom. The Bertz CT molecular complexity index is 1220. The maximum absolute atomic E-state index is 13.0. The number of fused-ring (bicyclic) bond motifs is 1. The van der Waals surface area contributed by atoms with E-state index in [2.05, 4.69) is 33.6 Å². The van der Waals surface area contributed by atoms with Crippen molar-refractivity contribution in [2.45, 2.75) is 56.3 Å². The Hall–Kier alpha value is -4.11. The molecule has 0 saturated carbocycles. The van der Waals surface area contributed by atoms with Crippen molar-refractivity contribution >= 4 is 59.2 Å². The fraction of sp³-hybridized carbons (Fsp3) is 0.417. The second-order valence-corrected chi connectivity index (χ2v) is 9.10. The molecule has 0 spiro atoms. The van der Waals surface area contributed by atoms with Crippen LogP contribution in [-0.4, -0.2) is 85.9 Å². The van der Waals surface area contributed by atoms with Crippen molar-refractivity contribution in [1.82, 2.24) is 20.9 Å². The van der Waals surface area contributed by atoms with Crippen LogP contribution >= 0.6 is 12.6 Å². The standard InChI is InChI=1S/C24H31N5O9S/c25-14(5-7-19(30)31)21(34)29-18(11-39)23(36)27-16(6-8-20(32)33)22(35)28-17(24(37)38)9-12-10-26-15-4-2-1-3-13(12)15/h1-4,10,14,16-18,26,39H,5-9,11,25H2,(H,27,36)(H,28,35)(H,29,34)(H,30,31)(H,32,33)(H,37,38). The van der Waals surface area contributed by atoms with Crippen molar-refractivity contribution in [3.8, 4) is 0 Å². The van der Waals surface area contributed by atoms with Gasteiger partial charge < -0.3 is 42.0 Å². The molecule has 9 N–H and O–H groups in total. The number of nitrogens with two attached hydrogens (primary N) is 1. The van der Waals surface area contributed by atoms with Crippen LogP contribution in [0.4, 0.5) is 0 Å².